The summed E-state index contributed by atoms with van der Waals surface area (Å²) in [5.74, 6) is 0.871. The first-order chi connectivity index (χ1) is 8.40. The lowest BCUT2D eigenvalue weighted by molar-refractivity contribution is 0.416. The predicted molar refractivity (Wildman–Crippen MR) is 69.4 cm³/mol. The molecule has 0 amide bonds. The van der Waals surface area contributed by atoms with Crippen molar-refractivity contribution in [3.05, 3.63) is 42.2 Å². The Labute approximate surface area is 103 Å². The Hall–Kier alpha value is -1.94. The van der Waals surface area contributed by atoms with Crippen LogP contribution in [-0.4, -0.2) is 17.1 Å². The number of thiophene rings is 1. The number of rotatable bonds is 2. The summed E-state index contributed by atoms with van der Waals surface area (Å²) in [6.45, 7) is 0. The Morgan fingerprint density at radius 2 is 2.06 bits per heavy atom. The van der Waals surface area contributed by atoms with E-state index in [1.807, 2.05) is 30.5 Å². The summed E-state index contributed by atoms with van der Waals surface area (Å²) in [7, 11) is 1.68. The minimum absolute atomic E-state index is 0.871. The van der Waals surface area contributed by atoms with Crippen LogP contribution in [0.3, 0.4) is 0 Å². The normalized spacial score (nSPS) is 10.6. The minimum Gasteiger partial charge on any atom is -0.496 e. The number of benzene rings is 1. The van der Waals surface area contributed by atoms with Crippen LogP contribution in [-0.2, 0) is 0 Å². The molecule has 4 heteroatoms. The molecule has 0 unspecified atom stereocenters. The molecule has 2 aromatic heterocycles. The molecule has 0 aliphatic heterocycles. The number of methoxy groups -OCH3 is 1. The van der Waals surface area contributed by atoms with Crippen LogP contribution in [0.5, 0.6) is 5.75 Å². The van der Waals surface area contributed by atoms with E-state index in [1.54, 1.807) is 24.8 Å². The molecule has 0 fully saturated rings. The predicted octanol–water partition coefficient (Wildman–Crippen LogP) is 3.37. The first-order valence-corrected chi connectivity index (χ1v) is 6.08. The number of aromatic nitrogens is 2. The molecule has 0 spiro atoms. The zero-order valence-corrected chi connectivity index (χ0v) is 10.1. The second-order valence-electron chi connectivity index (χ2n) is 3.59. The van der Waals surface area contributed by atoms with Gasteiger partial charge in [0.1, 0.15) is 16.9 Å². The highest BCUT2D eigenvalue weighted by Gasteiger charge is 2.10. The van der Waals surface area contributed by atoms with Crippen molar-refractivity contribution in [3.63, 3.8) is 0 Å². The quantitative estimate of drug-likeness (QED) is 0.691. The monoisotopic (exact) mass is 242 g/mol. The molecule has 0 saturated heterocycles. The van der Waals surface area contributed by atoms with E-state index in [4.69, 9.17) is 4.74 Å². The van der Waals surface area contributed by atoms with Crippen LogP contribution in [0.2, 0.25) is 0 Å². The molecule has 3 aromatic rings. The number of nitrogens with zero attached hydrogens (tertiary/aromatic N) is 2. The number of fused-ring (bicyclic) bond motifs is 1. The number of para-hydroxylation sites is 1. The molecule has 0 N–H and O–H groups in total. The summed E-state index contributed by atoms with van der Waals surface area (Å²) in [6.07, 6.45) is 3.42. The van der Waals surface area contributed by atoms with E-state index in [0.29, 0.717) is 0 Å². The zero-order chi connectivity index (χ0) is 11.7. The summed E-state index contributed by atoms with van der Waals surface area (Å²) < 4.78 is 5.38. The lowest BCUT2D eigenvalue weighted by atomic mass is 10.1. The van der Waals surface area contributed by atoms with E-state index < -0.39 is 0 Å². The molecule has 2 heterocycles. The molecule has 0 saturated carbocycles. The van der Waals surface area contributed by atoms with Crippen LogP contribution in [0, 0.1) is 0 Å². The van der Waals surface area contributed by atoms with Crippen molar-refractivity contribution in [3.8, 4) is 16.9 Å². The highest BCUT2D eigenvalue weighted by molar-refractivity contribution is 7.17. The van der Waals surface area contributed by atoms with Gasteiger partial charge in [-0.3, -0.25) is 0 Å². The SMILES string of the molecule is COc1ccccc1-c1csc2ncncc12. The van der Waals surface area contributed by atoms with Gasteiger partial charge in [0.15, 0.2) is 0 Å². The maximum absolute atomic E-state index is 5.38. The topological polar surface area (TPSA) is 35.0 Å². The van der Waals surface area contributed by atoms with Crippen molar-refractivity contribution in [1.82, 2.24) is 9.97 Å². The Morgan fingerprint density at radius 3 is 2.94 bits per heavy atom. The average Bonchev–Trinajstić information content (AvgIpc) is 2.82. The number of hydrogen-bond acceptors (Lipinski definition) is 4. The third-order valence-electron chi connectivity index (χ3n) is 2.65. The molecule has 0 radical (unpaired) electrons. The van der Waals surface area contributed by atoms with Crippen LogP contribution >= 0.6 is 11.3 Å². The van der Waals surface area contributed by atoms with E-state index in [-0.39, 0.29) is 0 Å². The van der Waals surface area contributed by atoms with E-state index in [0.717, 1.165) is 27.1 Å². The van der Waals surface area contributed by atoms with E-state index in [1.165, 1.54) is 0 Å². The van der Waals surface area contributed by atoms with Crippen molar-refractivity contribution in [2.24, 2.45) is 0 Å². The van der Waals surface area contributed by atoms with Gasteiger partial charge in [0.2, 0.25) is 0 Å². The molecular formula is C13H10N2OS. The van der Waals surface area contributed by atoms with Gasteiger partial charge in [-0.2, -0.15) is 0 Å². The van der Waals surface area contributed by atoms with E-state index in [9.17, 15) is 0 Å². The Balaban J connectivity index is 2.27. The summed E-state index contributed by atoms with van der Waals surface area (Å²) in [4.78, 5) is 9.33. The molecule has 3 rings (SSSR count). The van der Waals surface area contributed by atoms with Gasteiger partial charge in [0.25, 0.3) is 0 Å². The highest BCUT2D eigenvalue weighted by Crippen LogP contribution is 2.37. The average molecular weight is 242 g/mol. The summed E-state index contributed by atoms with van der Waals surface area (Å²) in [5.41, 5.74) is 2.21. The van der Waals surface area contributed by atoms with Gasteiger partial charge in [0.05, 0.1) is 7.11 Å². The fraction of sp³-hybridized carbons (Fsp3) is 0.0769. The van der Waals surface area contributed by atoms with E-state index >= 15 is 0 Å². The van der Waals surface area contributed by atoms with Crippen LogP contribution in [0.4, 0.5) is 0 Å². The van der Waals surface area contributed by atoms with Gasteiger partial charge in [-0.05, 0) is 6.07 Å². The Bertz CT molecular complexity index is 663. The van der Waals surface area contributed by atoms with Crippen LogP contribution < -0.4 is 4.74 Å². The fourth-order valence-corrected chi connectivity index (χ4v) is 2.73. The fourth-order valence-electron chi connectivity index (χ4n) is 1.85. The van der Waals surface area contributed by atoms with Gasteiger partial charge in [-0.25, -0.2) is 9.97 Å². The third-order valence-corrected chi connectivity index (χ3v) is 3.55. The van der Waals surface area contributed by atoms with Crippen molar-refractivity contribution < 1.29 is 4.74 Å². The zero-order valence-electron chi connectivity index (χ0n) is 9.25. The van der Waals surface area contributed by atoms with Gasteiger partial charge in [0, 0.05) is 28.1 Å². The van der Waals surface area contributed by atoms with Gasteiger partial charge >= 0.3 is 0 Å². The molecule has 0 aliphatic rings. The number of hydrogen-bond donors (Lipinski definition) is 0. The van der Waals surface area contributed by atoms with Crippen molar-refractivity contribution in [2.45, 2.75) is 0 Å². The van der Waals surface area contributed by atoms with Crippen LogP contribution in [0.25, 0.3) is 21.3 Å². The molecule has 0 bridgehead atoms. The largest absolute Gasteiger partial charge is 0.496 e. The summed E-state index contributed by atoms with van der Waals surface area (Å²) in [6, 6.07) is 7.98. The first kappa shape index (κ1) is 10.2. The molecule has 0 aliphatic carbocycles. The van der Waals surface area contributed by atoms with Gasteiger partial charge in [-0.15, -0.1) is 11.3 Å². The molecule has 3 nitrogen and oxygen atoms in total. The highest BCUT2D eigenvalue weighted by atomic mass is 32.1. The summed E-state index contributed by atoms with van der Waals surface area (Å²) >= 11 is 1.62. The second-order valence-corrected chi connectivity index (χ2v) is 4.45. The van der Waals surface area contributed by atoms with E-state index in [2.05, 4.69) is 15.3 Å². The van der Waals surface area contributed by atoms with Crippen LogP contribution in [0.15, 0.2) is 42.2 Å². The molecule has 84 valence electrons. The van der Waals surface area contributed by atoms with Crippen LogP contribution in [0.1, 0.15) is 0 Å². The van der Waals surface area contributed by atoms with Crippen molar-refractivity contribution >= 4 is 21.6 Å². The minimum atomic E-state index is 0.871. The van der Waals surface area contributed by atoms with Crippen molar-refractivity contribution in [2.75, 3.05) is 7.11 Å². The maximum Gasteiger partial charge on any atom is 0.127 e. The lowest BCUT2D eigenvalue weighted by Gasteiger charge is -2.06. The number of ether oxygens (including phenoxy) is 1. The van der Waals surface area contributed by atoms with Crippen molar-refractivity contribution in [1.29, 1.82) is 0 Å². The molecule has 1 aromatic carbocycles. The smallest absolute Gasteiger partial charge is 0.127 e. The molecule has 0 atom stereocenters. The first-order valence-electron chi connectivity index (χ1n) is 5.21. The molecular weight excluding hydrogens is 232 g/mol. The Kier molecular flexibility index (Phi) is 2.49. The second kappa shape index (κ2) is 4.14. The lowest BCUT2D eigenvalue weighted by Crippen LogP contribution is -1.86. The molecule has 17 heavy (non-hydrogen) atoms. The maximum atomic E-state index is 5.38. The summed E-state index contributed by atoms with van der Waals surface area (Å²) in [5, 5.41) is 3.17. The van der Waals surface area contributed by atoms with Gasteiger partial charge in [-0.1, -0.05) is 18.2 Å². The standard InChI is InChI=1S/C13H10N2OS/c1-16-12-5-3-2-4-9(12)11-7-17-13-10(11)6-14-8-15-13/h2-8H,1H3. The Morgan fingerprint density at radius 1 is 1.18 bits per heavy atom. The van der Waals surface area contributed by atoms with Gasteiger partial charge < -0.3 is 4.74 Å². The third kappa shape index (κ3) is 1.66.